The van der Waals surface area contributed by atoms with E-state index in [4.69, 9.17) is 11.6 Å². The molecular weight excluding hydrogens is 487 g/mol. The topological polar surface area (TPSA) is 62.2 Å². The van der Waals surface area contributed by atoms with Crippen LogP contribution in [0.2, 0.25) is 5.02 Å². The van der Waals surface area contributed by atoms with E-state index in [1.165, 1.54) is 23.3 Å². The largest absolute Gasteiger partial charge is 0.507 e. The van der Waals surface area contributed by atoms with E-state index in [1.807, 2.05) is 36.5 Å². The summed E-state index contributed by atoms with van der Waals surface area (Å²) in [6.45, 7) is 0.522. The van der Waals surface area contributed by atoms with Crippen LogP contribution in [0.4, 0.5) is 4.39 Å². The van der Waals surface area contributed by atoms with Crippen molar-refractivity contribution >= 4 is 28.4 Å². The number of halogens is 2. The first kappa shape index (κ1) is 25.2. The SMILES string of the molecule is O=C(NC[C@H](Cc1ccc(Cl)cc1)C1CCC(c2ccnc3ccc(F)cc23)CC1)c1ccccc1O. The zero-order valence-corrected chi connectivity index (χ0v) is 21.3. The second-order valence-corrected chi connectivity index (χ2v) is 10.4. The van der Waals surface area contributed by atoms with Gasteiger partial charge in [0.1, 0.15) is 11.6 Å². The van der Waals surface area contributed by atoms with Crippen molar-refractivity contribution in [1.82, 2.24) is 10.3 Å². The maximum Gasteiger partial charge on any atom is 0.255 e. The number of hydrogen-bond donors (Lipinski definition) is 2. The summed E-state index contributed by atoms with van der Waals surface area (Å²) in [5.41, 5.74) is 3.47. The Morgan fingerprint density at radius 3 is 2.54 bits per heavy atom. The van der Waals surface area contributed by atoms with Gasteiger partial charge in [-0.3, -0.25) is 9.78 Å². The fourth-order valence-electron chi connectivity index (χ4n) is 5.71. The van der Waals surface area contributed by atoms with Crippen LogP contribution in [0.1, 0.15) is 53.1 Å². The van der Waals surface area contributed by atoms with E-state index in [0.29, 0.717) is 23.4 Å². The highest BCUT2D eigenvalue weighted by molar-refractivity contribution is 6.30. The van der Waals surface area contributed by atoms with E-state index >= 15 is 0 Å². The number of hydrogen-bond acceptors (Lipinski definition) is 3. The molecule has 0 saturated heterocycles. The molecule has 2 N–H and O–H groups in total. The van der Waals surface area contributed by atoms with Crippen molar-refractivity contribution in [2.75, 3.05) is 6.54 Å². The molecule has 1 aromatic heterocycles. The van der Waals surface area contributed by atoms with Gasteiger partial charge in [0, 0.05) is 23.2 Å². The molecule has 1 fully saturated rings. The molecule has 5 rings (SSSR count). The van der Waals surface area contributed by atoms with Crippen molar-refractivity contribution in [3.05, 3.63) is 107 Å². The molecule has 1 atom stereocenters. The Bertz CT molecular complexity index is 1380. The molecule has 1 aliphatic carbocycles. The van der Waals surface area contributed by atoms with Gasteiger partial charge in [-0.05, 0) is 110 Å². The standard InChI is InChI=1S/C31H30ClFN2O2/c32-24-11-5-20(6-12-24)17-23(19-35-31(37)27-3-1-2-4-30(27)36)21-7-9-22(10-8-21)26-15-16-34-29-14-13-25(33)18-28(26)29/h1-6,11-16,18,21-23,36H,7-10,17,19H2,(H,35,37)/t21?,22?,23-/m0/s1. The smallest absolute Gasteiger partial charge is 0.255 e. The van der Waals surface area contributed by atoms with E-state index in [9.17, 15) is 14.3 Å². The monoisotopic (exact) mass is 516 g/mol. The van der Waals surface area contributed by atoms with Crippen LogP contribution >= 0.6 is 11.6 Å². The van der Waals surface area contributed by atoms with Crippen LogP contribution in [0, 0.1) is 17.7 Å². The minimum atomic E-state index is -0.266. The van der Waals surface area contributed by atoms with Gasteiger partial charge in [0.05, 0.1) is 11.1 Å². The third-order valence-electron chi connectivity index (χ3n) is 7.70. The summed E-state index contributed by atoms with van der Waals surface area (Å²) >= 11 is 6.10. The highest BCUT2D eigenvalue weighted by Gasteiger charge is 2.30. The average Bonchev–Trinajstić information content (AvgIpc) is 2.92. The zero-order chi connectivity index (χ0) is 25.8. The molecule has 3 aromatic carbocycles. The number of phenols is 1. The first-order valence-electron chi connectivity index (χ1n) is 12.8. The molecule has 6 heteroatoms. The van der Waals surface area contributed by atoms with Crippen molar-refractivity contribution in [2.24, 2.45) is 11.8 Å². The lowest BCUT2D eigenvalue weighted by Gasteiger charge is -2.35. The van der Waals surface area contributed by atoms with Crippen molar-refractivity contribution in [2.45, 2.75) is 38.0 Å². The summed E-state index contributed by atoms with van der Waals surface area (Å²) in [5.74, 6) is 0.508. The van der Waals surface area contributed by atoms with Crippen molar-refractivity contribution < 1.29 is 14.3 Å². The molecule has 1 aliphatic rings. The second-order valence-electron chi connectivity index (χ2n) is 9.99. The van der Waals surface area contributed by atoms with Gasteiger partial charge < -0.3 is 10.4 Å². The van der Waals surface area contributed by atoms with Crippen molar-refractivity contribution in [3.63, 3.8) is 0 Å². The van der Waals surface area contributed by atoms with E-state index < -0.39 is 0 Å². The van der Waals surface area contributed by atoms with Gasteiger partial charge in [-0.15, -0.1) is 0 Å². The number of rotatable bonds is 7. The van der Waals surface area contributed by atoms with Crippen LogP contribution in [0.25, 0.3) is 10.9 Å². The molecule has 4 nitrogen and oxygen atoms in total. The lowest BCUT2D eigenvalue weighted by molar-refractivity contribution is 0.0934. The third kappa shape index (κ3) is 5.94. The number of phenolic OH excluding ortho intramolecular Hbond substituents is 1. The number of amides is 1. The van der Waals surface area contributed by atoms with Gasteiger partial charge in [-0.25, -0.2) is 4.39 Å². The number of aromatic hydroxyl groups is 1. The highest BCUT2D eigenvalue weighted by Crippen LogP contribution is 2.41. The Hall–Kier alpha value is -3.44. The molecular formula is C31H30ClFN2O2. The molecule has 0 radical (unpaired) electrons. The van der Waals surface area contributed by atoms with E-state index in [-0.39, 0.29) is 29.0 Å². The number of benzene rings is 3. The summed E-state index contributed by atoms with van der Waals surface area (Å²) in [4.78, 5) is 17.2. The van der Waals surface area contributed by atoms with E-state index in [1.54, 1.807) is 30.3 Å². The van der Waals surface area contributed by atoms with Crippen LogP contribution in [0.15, 0.2) is 79.0 Å². The number of pyridine rings is 1. The lowest BCUT2D eigenvalue weighted by atomic mass is 9.72. The highest BCUT2D eigenvalue weighted by atomic mass is 35.5. The Balaban J connectivity index is 1.31. The second kappa shape index (κ2) is 11.3. The Labute approximate surface area is 221 Å². The maximum absolute atomic E-state index is 14.0. The predicted molar refractivity (Wildman–Crippen MR) is 145 cm³/mol. The fraction of sp³-hybridized carbons (Fsp3) is 0.290. The normalized spacial score (nSPS) is 18.4. The zero-order valence-electron chi connectivity index (χ0n) is 20.5. The Morgan fingerprint density at radius 1 is 1.03 bits per heavy atom. The number of carbonyl (C=O) groups is 1. The summed E-state index contributed by atoms with van der Waals surface area (Å²) in [5, 5.41) is 14.8. The van der Waals surface area contributed by atoms with Crippen LogP contribution in [0.3, 0.4) is 0 Å². The molecule has 1 heterocycles. The van der Waals surface area contributed by atoms with Gasteiger partial charge in [-0.2, -0.15) is 0 Å². The number of fused-ring (bicyclic) bond motifs is 1. The van der Waals surface area contributed by atoms with Gasteiger partial charge in [0.25, 0.3) is 5.91 Å². The summed E-state index contributed by atoms with van der Waals surface area (Å²) in [7, 11) is 0. The first-order valence-corrected chi connectivity index (χ1v) is 13.2. The molecule has 1 amide bonds. The maximum atomic E-state index is 14.0. The molecule has 0 spiro atoms. The molecule has 37 heavy (non-hydrogen) atoms. The molecule has 0 bridgehead atoms. The summed E-state index contributed by atoms with van der Waals surface area (Å²) in [6.07, 6.45) is 6.70. The van der Waals surface area contributed by atoms with E-state index in [0.717, 1.165) is 43.0 Å². The minimum Gasteiger partial charge on any atom is -0.507 e. The minimum absolute atomic E-state index is 0.0178. The third-order valence-corrected chi connectivity index (χ3v) is 7.95. The van der Waals surface area contributed by atoms with Crippen LogP contribution in [-0.4, -0.2) is 22.5 Å². The molecule has 1 saturated carbocycles. The molecule has 190 valence electrons. The predicted octanol–water partition coefficient (Wildman–Crippen LogP) is 7.30. The quantitative estimate of drug-likeness (QED) is 0.271. The fourth-order valence-corrected chi connectivity index (χ4v) is 5.84. The molecule has 0 unspecified atom stereocenters. The van der Waals surface area contributed by atoms with Gasteiger partial charge >= 0.3 is 0 Å². The number of para-hydroxylation sites is 1. The number of nitrogens with zero attached hydrogens (tertiary/aromatic N) is 1. The Kier molecular flexibility index (Phi) is 7.71. The first-order chi connectivity index (χ1) is 18.0. The van der Waals surface area contributed by atoms with Gasteiger partial charge in [0.2, 0.25) is 0 Å². The molecule has 4 aromatic rings. The summed E-state index contributed by atoms with van der Waals surface area (Å²) < 4.78 is 14.0. The van der Waals surface area contributed by atoms with Crippen LogP contribution < -0.4 is 5.32 Å². The van der Waals surface area contributed by atoms with Crippen molar-refractivity contribution in [1.29, 1.82) is 0 Å². The number of aromatic nitrogens is 1. The van der Waals surface area contributed by atoms with Crippen LogP contribution in [-0.2, 0) is 6.42 Å². The Morgan fingerprint density at radius 2 is 1.78 bits per heavy atom. The van der Waals surface area contributed by atoms with Crippen LogP contribution in [0.5, 0.6) is 5.75 Å². The van der Waals surface area contributed by atoms with Gasteiger partial charge in [0.15, 0.2) is 0 Å². The molecule has 0 aliphatic heterocycles. The van der Waals surface area contributed by atoms with Crippen molar-refractivity contribution in [3.8, 4) is 5.75 Å². The number of nitrogens with one attached hydrogen (secondary N) is 1. The lowest BCUT2D eigenvalue weighted by Crippen LogP contribution is -2.35. The number of carbonyl (C=O) groups excluding carboxylic acids is 1. The van der Waals surface area contributed by atoms with E-state index in [2.05, 4.69) is 10.3 Å². The van der Waals surface area contributed by atoms with Gasteiger partial charge in [-0.1, -0.05) is 35.9 Å². The summed E-state index contributed by atoms with van der Waals surface area (Å²) in [6, 6.07) is 21.3. The average molecular weight is 517 g/mol.